The van der Waals surface area contributed by atoms with Crippen LogP contribution in [-0.2, 0) is 0 Å². The number of nitrogens with one attached hydrogen (secondary N) is 1. The molecule has 1 amide bonds. The number of hydrogen-bond acceptors (Lipinski definition) is 6. The Balaban J connectivity index is 1.60. The number of dihydropyridines is 1. The van der Waals surface area contributed by atoms with E-state index in [2.05, 4.69) is 20.4 Å². The molecule has 0 spiro atoms. The van der Waals surface area contributed by atoms with Crippen molar-refractivity contribution in [3.8, 4) is 0 Å². The van der Waals surface area contributed by atoms with Gasteiger partial charge in [0.2, 0.25) is 0 Å². The number of aromatic nitrogens is 3. The summed E-state index contributed by atoms with van der Waals surface area (Å²) in [6.45, 7) is 4.10. The Morgan fingerprint density at radius 2 is 2.19 bits per heavy atom. The van der Waals surface area contributed by atoms with E-state index in [1.54, 1.807) is 6.20 Å². The van der Waals surface area contributed by atoms with E-state index in [-0.39, 0.29) is 12.5 Å². The van der Waals surface area contributed by atoms with Gasteiger partial charge in [-0.25, -0.2) is 4.98 Å². The summed E-state index contributed by atoms with van der Waals surface area (Å²) in [4.78, 5) is 22.8. The van der Waals surface area contributed by atoms with Gasteiger partial charge < -0.3 is 16.3 Å². The summed E-state index contributed by atoms with van der Waals surface area (Å²) in [5.41, 5.74) is 4.57. The van der Waals surface area contributed by atoms with Crippen molar-refractivity contribution in [2.45, 2.75) is 45.3 Å². The van der Waals surface area contributed by atoms with Crippen molar-refractivity contribution in [2.75, 3.05) is 12.4 Å². The van der Waals surface area contributed by atoms with Gasteiger partial charge in [0.15, 0.2) is 11.9 Å². The van der Waals surface area contributed by atoms with Crippen LogP contribution in [0.4, 0.5) is 0 Å². The molecule has 3 heterocycles. The second kappa shape index (κ2) is 6.21. The lowest BCUT2D eigenvalue weighted by Gasteiger charge is -2.21. The number of nitrogen functional groups attached to an aromatic ring is 1. The zero-order valence-electron chi connectivity index (χ0n) is 14.9. The van der Waals surface area contributed by atoms with Gasteiger partial charge in [-0.1, -0.05) is 5.57 Å². The van der Waals surface area contributed by atoms with Crippen LogP contribution in [0.5, 0.6) is 0 Å². The van der Waals surface area contributed by atoms with E-state index < -0.39 is 6.23 Å². The number of pyridine rings is 1. The van der Waals surface area contributed by atoms with Crippen LogP contribution in [0.15, 0.2) is 28.4 Å². The van der Waals surface area contributed by atoms with Crippen LogP contribution in [0.25, 0.3) is 11.0 Å². The summed E-state index contributed by atoms with van der Waals surface area (Å²) in [5.74, 6) is 5.99. The van der Waals surface area contributed by atoms with Gasteiger partial charge in [0, 0.05) is 30.3 Å². The van der Waals surface area contributed by atoms with Gasteiger partial charge in [-0.15, -0.1) is 0 Å². The fourth-order valence-electron chi connectivity index (χ4n) is 3.38. The minimum absolute atomic E-state index is 0.230. The molecule has 2 aromatic rings. The molecule has 1 saturated carbocycles. The largest absolute Gasteiger partial charge is 0.368 e. The van der Waals surface area contributed by atoms with Gasteiger partial charge in [-0.05, 0) is 38.3 Å². The summed E-state index contributed by atoms with van der Waals surface area (Å²) in [7, 11) is 0. The maximum absolute atomic E-state index is 12.8. The summed E-state index contributed by atoms with van der Waals surface area (Å²) in [5, 5.41) is 17.7. The first-order chi connectivity index (χ1) is 12.4. The Morgan fingerprint density at radius 3 is 2.88 bits per heavy atom. The van der Waals surface area contributed by atoms with Crippen LogP contribution in [0.2, 0.25) is 0 Å². The molecule has 136 valence electrons. The standard InChI is InChI=1S/C18H22N6O2/c1-9-5-10(2)22-18(26)13(9)7-20-17(25)12-6-15(11-3-4-11)23-16-14(12)8-21-24(16)19/h6,8,11,18,26H,3-5,7,19H2,1-2H3,(H,20,25). The molecule has 0 bridgehead atoms. The molecular weight excluding hydrogens is 332 g/mol. The SMILES string of the molecule is CC1=NC(O)C(CNC(=O)c2cc(C3CC3)nc3c2cnn3N)=C(C)C1. The molecule has 1 atom stereocenters. The number of nitrogens with two attached hydrogens (primary N) is 1. The molecule has 4 N–H and O–H groups in total. The van der Waals surface area contributed by atoms with Gasteiger partial charge in [0.05, 0.1) is 17.1 Å². The van der Waals surface area contributed by atoms with E-state index in [4.69, 9.17) is 5.84 Å². The van der Waals surface area contributed by atoms with Crippen LogP contribution in [0.3, 0.4) is 0 Å². The zero-order valence-corrected chi connectivity index (χ0v) is 14.9. The Bertz CT molecular complexity index is 954. The normalized spacial score (nSPS) is 20.4. The number of carbonyl (C=O) groups excluding carboxylic acids is 1. The van der Waals surface area contributed by atoms with Gasteiger partial charge in [0.1, 0.15) is 0 Å². The summed E-state index contributed by atoms with van der Waals surface area (Å²) in [6.07, 6.45) is 3.53. The van der Waals surface area contributed by atoms with E-state index >= 15 is 0 Å². The molecule has 2 aliphatic rings. The van der Waals surface area contributed by atoms with E-state index in [9.17, 15) is 9.90 Å². The topological polar surface area (TPSA) is 118 Å². The smallest absolute Gasteiger partial charge is 0.252 e. The lowest BCUT2D eigenvalue weighted by molar-refractivity contribution is 0.0955. The first-order valence-electron chi connectivity index (χ1n) is 8.76. The number of allylic oxidation sites excluding steroid dienone is 1. The number of aliphatic imine (C=N–C) groups is 1. The van der Waals surface area contributed by atoms with Gasteiger partial charge >= 0.3 is 0 Å². The fraction of sp³-hybridized carbons (Fsp3) is 0.444. The second-order valence-corrected chi connectivity index (χ2v) is 7.10. The molecule has 4 rings (SSSR count). The van der Waals surface area contributed by atoms with Crippen LogP contribution < -0.4 is 11.2 Å². The average Bonchev–Trinajstić information content (AvgIpc) is 3.37. The van der Waals surface area contributed by atoms with Crippen molar-refractivity contribution < 1.29 is 9.90 Å². The number of amides is 1. The number of aliphatic hydroxyl groups is 1. The Morgan fingerprint density at radius 1 is 1.42 bits per heavy atom. The predicted molar refractivity (Wildman–Crippen MR) is 98.4 cm³/mol. The van der Waals surface area contributed by atoms with E-state index in [0.717, 1.165) is 35.4 Å². The first kappa shape index (κ1) is 16.7. The minimum Gasteiger partial charge on any atom is -0.368 e. The second-order valence-electron chi connectivity index (χ2n) is 7.10. The molecular formula is C18H22N6O2. The number of rotatable bonds is 4. The highest BCUT2D eigenvalue weighted by Gasteiger charge is 2.28. The molecule has 0 saturated heterocycles. The fourth-order valence-corrected chi connectivity index (χ4v) is 3.38. The van der Waals surface area contributed by atoms with Crippen molar-refractivity contribution in [1.82, 2.24) is 20.2 Å². The number of fused-ring (bicyclic) bond motifs is 1. The van der Waals surface area contributed by atoms with Crippen molar-refractivity contribution in [3.63, 3.8) is 0 Å². The highest BCUT2D eigenvalue weighted by Crippen LogP contribution is 2.40. The van der Waals surface area contributed by atoms with Crippen molar-refractivity contribution >= 4 is 22.7 Å². The molecule has 1 unspecified atom stereocenters. The molecule has 1 fully saturated rings. The number of hydrogen-bond donors (Lipinski definition) is 3. The van der Waals surface area contributed by atoms with Crippen molar-refractivity contribution in [3.05, 3.63) is 34.7 Å². The lowest BCUT2D eigenvalue weighted by atomic mass is 9.99. The molecule has 0 aromatic carbocycles. The first-order valence-corrected chi connectivity index (χ1v) is 8.76. The average molecular weight is 354 g/mol. The molecule has 8 heteroatoms. The monoisotopic (exact) mass is 354 g/mol. The molecule has 0 radical (unpaired) electrons. The Labute approximate surface area is 150 Å². The van der Waals surface area contributed by atoms with E-state index in [1.165, 1.54) is 4.79 Å². The Hall–Kier alpha value is -2.74. The highest BCUT2D eigenvalue weighted by molar-refractivity contribution is 6.05. The quantitative estimate of drug-likeness (QED) is 0.564. The number of carbonyl (C=O) groups is 1. The summed E-state index contributed by atoms with van der Waals surface area (Å²) in [6, 6.07) is 1.83. The maximum atomic E-state index is 12.8. The zero-order chi connectivity index (χ0) is 18.4. The molecule has 1 aliphatic heterocycles. The van der Waals surface area contributed by atoms with Crippen LogP contribution in [0, 0.1) is 0 Å². The lowest BCUT2D eigenvalue weighted by Crippen LogP contribution is -2.31. The number of nitrogens with zero attached hydrogens (tertiary/aromatic N) is 4. The molecule has 2 aromatic heterocycles. The predicted octanol–water partition coefficient (Wildman–Crippen LogP) is 1.25. The van der Waals surface area contributed by atoms with Crippen LogP contribution in [0.1, 0.15) is 55.1 Å². The summed E-state index contributed by atoms with van der Waals surface area (Å²) < 4.78 is 0. The van der Waals surface area contributed by atoms with Crippen LogP contribution >= 0.6 is 0 Å². The van der Waals surface area contributed by atoms with Crippen LogP contribution in [-0.4, -0.2) is 44.4 Å². The van der Waals surface area contributed by atoms with E-state index in [0.29, 0.717) is 28.9 Å². The molecule has 1 aliphatic carbocycles. The maximum Gasteiger partial charge on any atom is 0.252 e. The Kier molecular flexibility index (Phi) is 3.99. The van der Waals surface area contributed by atoms with Gasteiger partial charge in [0.25, 0.3) is 5.91 Å². The summed E-state index contributed by atoms with van der Waals surface area (Å²) >= 11 is 0. The highest BCUT2D eigenvalue weighted by atomic mass is 16.3. The minimum atomic E-state index is -0.893. The third-order valence-corrected chi connectivity index (χ3v) is 4.99. The third kappa shape index (κ3) is 2.96. The molecule has 26 heavy (non-hydrogen) atoms. The van der Waals surface area contributed by atoms with Gasteiger partial charge in [-0.2, -0.15) is 9.89 Å². The third-order valence-electron chi connectivity index (χ3n) is 4.99. The van der Waals surface area contributed by atoms with Gasteiger partial charge in [-0.3, -0.25) is 9.79 Å². The molecule has 8 nitrogen and oxygen atoms in total. The van der Waals surface area contributed by atoms with Crippen molar-refractivity contribution in [2.24, 2.45) is 4.99 Å². The van der Waals surface area contributed by atoms with E-state index in [1.807, 2.05) is 19.9 Å². The van der Waals surface area contributed by atoms with Crippen molar-refractivity contribution in [1.29, 1.82) is 0 Å². The number of aliphatic hydroxyl groups excluding tert-OH is 1.